The number of thiophene rings is 1. The predicted molar refractivity (Wildman–Crippen MR) is 236 cm³/mol. The summed E-state index contributed by atoms with van der Waals surface area (Å²) in [6.45, 7) is 0. The van der Waals surface area contributed by atoms with Gasteiger partial charge in [0.25, 0.3) is 0 Å². The monoisotopic (exact) mass is 746 g/mol. The summed E-state index contributed by atoms with van der Waals surface area (Å²) in [6.07, 6.45) is 0. The summed E-state index contributed by atoms with van der Waals surface area (Å²) >= 11 is 1.85. The molecule has 266 valence electrons. The maximum absolute atomic E-state index is 6.63. The van der Waals surface area contributed by atoms with Crippen molar-refractivity contribution in [2.45, 2.75) is 0 Å². The Morgan fingerprint density at radius 1 is 0.386 bits per heavy atom. The smallest absolute Gasteiger partial charge is 0.164 e. The number of para-hydroxylation sites is 2. The topological polar surface area (TPSA) is 56.7 Å². The van der Waals surface area contributed by atoms with Gasteiger partial charge in [0.15, 0.2) is 17.5 Å². The van der Waals surface area contributed by atoms with Gasteiger partial charge in [-0.05, 0) is 59.7 Å². The fraction of sp³-hybridized carbons (Fsp3) is 0. The summed E-state index contributed by atoms with van der Waals surface area (Å²) in [4.78, 5) is 14.7. The summed E-state index contributed by atoms with van der Waals surface area (Å²) in [5.74, 6) is 1.86. The Hall–Kier alpha value is -7.41. The lowest BCUT2D eigenvalue weighted by molar-refractivity contribution is 0.669. The molecule has 0 fully saturated rings. The minimum Gasteiger partial charge on any atom is -0.456 e. The molecule has 0 amide bonds. The Balaban J connectivity index is 0.953. The van der Waals surface area contributed by atoms with Gasteiger partial charge in [-0.15, -0.1) is 11.3 Å². The molecule has 0 aliphatic carbocycles. The number of rotatable bonds is 5. The average molecular weight is 747 g/mol. The first-order chi connectivity index (χ1) is 28.2. The van der Waals surface area contributed by atoms with Crippen LogP contribution in [-0.2, 0) is 0 Å². The number of hydrogen-bond donors (Lipinski definition) is 0. The van der Waals surface area contributed by atoms with Crippen molar-refractivity contribution in [1.29, 1.82) is 0 Å². The van der Waals surface area contributed by atoms with E-state index in [1.54, 1.807) is 0 Å². The van der Waals surface area contributed by atoms with E-state index in [0.717, 1.165) is 44.2 Å². The highest BCUT2D eigenvalue weighted by molar-refractivity contribution is 7.26. The van der Waals surface area contributed by atoms with E-state index in [1.165, 1.54) is 53.2 Å². The first-order valence-corrected chi connectivity index (χ1v) is 19.8. The molecule has 0 radical (unpaired) electrons. The normalized spacial score (nSPS) is 11.9. The number of furan rings is 1. The standard InChI is InChI=1S/C51H30N4OS/c1-3-12-31(13-4-1)49-52-50(32-14-5-2-6-15-32)54-51(53-49)34-23-26-40-39-25-22-33(28-45(39)56-46(40)29-34)36-18-11-19-42-41-27-24-35(30-47(41)57-48(36)42)55-43-20-9-7-16-37(43)38-17-8-10-21-44(38)55/h1-30H. The van der Waals surface area contributed by atoms with Gasteiger partial charge in [0.05, 0.1) is 11.0 Å². The zero-order valence-corrected chi connectivity index (χ0v) is 31.2. The minimum absolute atomic E-state index is 0.600. The van der Waals surface area contributed by atoms with Gasteiger partial charge >= 0.3 is 0 Å². The van der Waals surface area contributed by atoms with Gasteiger partial charge in [-0.3, -0.25) is 0 Å². The zero-order valence-electron chi connectivity index (χ0n) is 30.4. The Morgan fingerprint density at radius 3 is 1.56 bits per heavy atom. The first-order valence-electron chi connectivity index (χ1n) is 19.0. The highest BCUT2D eigenvalue weighted by Crippen LogP contribution is 2.43. The van der Waals surface area contributed by atoms with Gasteiger partial charge in [-0.2, -0.15) is 0 Å². The highest BCUT2D eigenvalue weighted by atomic mass is 32.1. The molecule has 57 heavy (non-hydrogen) atoms. The van der Waals surface area contributed by atoms with Gasteiger partial charge in [0, 0.05) is 64.1 Å². The fourth-order valence-electron chi connectivity index (χ4n) is 8.38. The number of benzene rings is 8. The van der Waals surface area contributed by atoms with Crippen LogP contribution in [0.3, 0.4) is 0 Å². The minimum atomic E-state index is 0.600. The third kappa shape index (κ3) is 5.12. The quantitative estimate of drug-likeness (QED) is 0.176. The van der Waals surface area contributed by atoms with Crippen LogP contribution in [0.15, 0.2) is 186 Å². The molecular formula is C51H30N4OS. The molecule has 0 unspecified atom stereocenters. The van der Waals surface area contributed by atoms with Gasteiger partial charge in [0.1, 0.15) is 11.2 Å². The van der Waals surface area contributed by atoms with Crippen LogP contribution >= 0.6 is 11.3 Å². The lowest BCUT2D eigenvalue weighted by Crippen LogP contribution is -2.00. The van der Waals surface area contributed by atoms with Crippen LogP contribution in [0.4, 0.5) is 0 Å². The van der Waals surface area contributed by atoms with Crippen molar-refractivity contribution in [3.8, 4) is 51.0 Å². The lowest BCUT2D eigenvalue weighted by atomic mass is 10.0. The van der Waals surface area contributed by atoms with Crippen molar-refractivity contribution in [3.63, 3.8) is 0 Å². The molecule has 5 nitrogen and oxygen atoms in total. The van der Waals surface area contributed by atoms with Gasteiger partial charge in [-0.1, -0.05) is 133 Å². The number of fused-ring (bicyclic) bond motifs is 9. The maximum Gasteiger partial charge on any atom is 0.164 e. The molecule has 0 aliphatic heterocycles. The summed E-state index contributed by atoms with van der Waals surface area (Å²) < 4.78 is 11.6. The van der Waals surface area contributed by atoms with Crippen LogP contribution in [0.25, 0.3) is 115 Å². The van der Waals surface area contributed by atoms with Crippen molar-refractivity contribution in [2.75, 3.05) is 0 Å². The Labute approximate surface area is 330 Å². The molecule has 0 bridgehead atoms. The van der Waals surface area contributed by atoms with Gasteiger partial charge in [0.2, 0.25) is 0 Å². The molecule has 12 aromatic rings. The molecule has 0 saturated carbocycles. The summed E-state index contributed by atoms with van der Waals surface area (Å²) in [6, 6.07) is 63.8. The molecule has 8 aromatic carbocycles. The molecule has 6 heteroatoms. The van der Waals surface area contributed by atoms with Crippen molar-refractivity contribution in [1.82, 2.24) is 19.5 Å². The third-order valence-electron chi connectivity index (χ3n) is 11.1. The zero-order chi connectivity index (χ0) is 37.5. The molecule has 0 saturated heterocycles. The second-order valence-corrected chi connectivity index (χ2v) is 15.4. The van der Waals surface area contributed by atoms with Crippen molar-refractivity contribution < 1.29 is 4.42 Å². The summed E-state index contributed by atoms with van der Waals surface area (Å²) in [7, 11) is 0. The van der Waals surface area contributed by atoms with Crippen molar-refractivity contribution in [3.05, 3.63) is 182 Å². The van der Waals surface area contributed by atoms with Crippen LogP contribution in [0.2, 0.25) is 0 Å². The molecular weight excluding hydrogens is 717 g/mol. The van der Waals surface area contributed by atoms with Crippen molar-refractivity contribution in [2.24, 2.45) is 0 Å². The van der Waals surface area contributed by atoms with E-state index in [9.17, 15) is 0 Å². The molecule has 0 atom stereocenters. The summed E-state index contributed by atoms with van der Waals surface area (Å²) in [5.41, 5.74) is 10.3. The Morgan fingerprint density at radius 2 is 0.912 bits per heavy atom. The maximum atomic E-state index is 6.63. The predicted octanol–water partition coefficient (Wildman–Crippen LogP) is 13.9. The van der Waals surface area contributed by atoms with E-state index in [4.69, 9.17) is 19.4 Å². The molecule has 0 spiro atoms. The number of hydrogen-bond acceptors (Lipinski definition) is 5. The van der Waals surface area contributed by atoms with E-state index >= 15 is 0 Å². The Kier molecular flexibility index (Phi) is 7.03. The average Bonchev–Trinajstić information content (AvgIpc) is 3.95. The van der Waals surface area contributed by atoms with E-state index in [-0.39, 0.29) is 0 Å². The second-order valence-electron chi connectivity index (χ2n) is 14.4. The molecule has 12 rings (SSSR count). The van der Waals surface area contributed by atoms with E-state index < -0.39 is 0 Å². The lowest BCUT2D eigenvalue weighted by Gasteiger charge is -2.08. The van der Waals surface area contributed by atoms with Crippen LogP contribution in [0.1, 0.15) is 0 Å². The van der Waals surface area contributed by atoms with Gasteiger partial charge < -0.3 is 8.98 Å². The molecule has 4 aromatic heterocycles. The molecule has 4 heterocycles. The SMILES string of the molecule is c1ccc(-c2nc(-c3ccccc3)nc(-c3ccc4c(c3)oc3cc(-c5cccc6c5sc5cc(-n7c8ccccc8c8ccccc87)ccc56)ccc34)n2)cc1. The molecule has 0 N–H and O–H groups in total. The van der Waals surface area contributed by atoms with Gasteiger partial charge in [-0.25, -0.2) is 15.0 Å². The van der Waals surface area contributed by atoms with Crippen LogP contribution in [0.5, 0.6) is 0 Å². The van der Waals surface area contributed by atoms with Crippen LogP contribution in [0, 0.1) is 0 Å². The molecule has 0 aliphatic rings. The Bertz CT molecular complexity index is 3420. The van der Waals surface area contributed by atoms with Crippen LogP contribution in [-0.4, -0.2) is 19.5 Å². The largest absolute Gasteiger partial charge is 0.456 e. The number of aromatic nitrogens is 4. The van der Waals surface area contributed by atoms with Crippen molar-refractivity contribution >= 4 is 75.3 Å². The third-order valence-corrected chi connectivity index (χ3v) is 12.3. The second kappa shape index (κ2) is 12.6. The highest BCUT2D eigenvalue weighted by Gasteiger charge is 2.18. The van der Waals surface area contributed by atoms with E-state index in [0.29, 0.717) is 17.5 Å². The van der Waals surface area contributed by atoms with E-state index in [1.807, 2.05) is 72.0 Å². The number of nitrogens with zero attached hydrogens (tertiary/aromatic N) is 4. The van der Waals surface area contributed by atoms with E-state index in [2.05, 4.69) is 126 Å². The fourth-order valence-corrected chi connectivity index (χ4v) is 9.65. The van der Waals surface area contributed by atoms with Crippen LogP contribution < -0.4 is 0 Å². The first kappa shape index (κ1) is 31.9. The summed E-state index contributed by atoms with van der Waals surface area (Å²) in [5, 5.41) is 7.19.